The van der Waals surface area contributed by atoms with Crippen LogP contribution in [0.5, 0.6) is 0 Å². The Hall–Kier alpha value is -1.15. The van der Waals surface area contributed by atoms with Gasteiger partial charge in [0.15, 0.2) is 0 Å². The van der Waals surface area contributed by atoms with Crippen LogP contribution in [0.15, 0.2) is 17.0 Å². The number of sulfone groups is 1. The minimum absolute atomic E-state index is 0.164. The first-order valence-electron chi connectivity index (χ1n) is 3.73. The van der Waals surface area contributed by atoms with Crippen molar-refractivity contribution in [2.75, 3.05) is 11.5 Å². The van der Waals surface area contributed by atoms with Crippen LogP contribution in [0.25, 0.3) is 0 Å². The van der Waals surface area contributed by atoms with Gasteiger partial charge in [-0.3, -0.25) is 0 Å². The maximum Gasteiger partial charge on any atom is 0.501 e. The lowest BCUT2D eigenvalue weighted by Gasteiger charge is -2.10. The molecular formula is C7H6ClF3N2O2S. The second-order valence-electron chi connectivity index (χ2n) is 2.86. The number of anilines is 2. The van der Waals surface area contributed by atoms with Gasteiger partial charge in [-0.1, -0.05) is 11.6 Å². The minimum Gasteiger partial charge on any atom is -0.397 e. The van der Waals surface area contributed by atoms with Crippen molar-refractivity contribution in [2.24, 2.45) is 0 Å². The lowest BCUT2D eigenvalue weighted by molar-refractivity contribution is -0.0435. The molecule has 0 amide bonds. The number of rotatable bonds is 1. The van der Waals surface area contributed by atoms with Crippen LogP contribution in [0.3, 0.4) is 0 Å². The van der Waals surface area contributed by atoms with Crippen LogP contribution in [0, 0.1) is 0 Å². The average molecular weight is 275 g/mol. The molecule has 4 N–H and O–H groups in total. The normalized spacial score (nSPS) is 12.8. The van der Waals surface area contributed by atoms with Gasteiger partial charge in [-0.25, -0.2) is 8.42 Å². The Balaban J connectivity index is 3.49. The molecule has 0 aromatic heterocycles. The molecule has 0 atom stereocenters. The molecule has 90 valence electrons. The fraction of sp³-hybridized carbons (Fsp3) is 0.143. The molecule has 4 nitrogen and oxygen atoms in total. The summed E-state index contributed by atoms with van der Waals surface area (Å²) in [5.41, 5.74) is 4.60. The lowest BCUT2D eigenvalue weighted by atomic mass is 10.3. The number of hydrogen-bond donors (Lipinski definition) is 2. The van der Waals surface area contributed by atoms with Gasteiger partial charge in [0, 0.05) is 0 Å². The summed E-state index contributed by atoms with van der Waals surface area (Å²) in [5, 5.41) is -0.345. The van der Waals surface area contributed by atoms with E-state index in [1.54, 1.807) is 0 Å². The van der Waals surface area contributed by atoms with Crippen molar-refractivity contribution in [3.05, 3.63) is 17.2 Å². The van der Waals surface area contributed by atoms with E-state index < -0.39 is 20.2 Å². The Morgan fingerprint density at radius 3 is 2.06 bits per heavy atom. The molecule has 0 heterocycles. The van der Waals surface area contributed by atoms with Gasteiger partial charge in [0.2, 0.25) is 0 Å². The van der Waals surface area contributed by atoms with Gasteiger partial charge in [-0.05, 0) is 12.1 Å². The van der Waals surface area contributed by atoms with E-state index in [9.17, 15) is 21.6 Å². The SMILES string of the molecule is Nc1cc(S(=O)(=O)C(F)(F)F)cc(Cl)c1N. The molecule has 1 aromatic rings. The Labute approximate surface area is 93.9 Å². The molecule has 0 radical (unpaired) electrons. The fourth-order valence-electron chi connectivity index (χ4n) is 0.902. The highest BCUT2D eigenvalue weighted by atomic mass is 35.5. The van der Waals surface area contributed by atoms with Crippen LogP contribution >= 0.6 is 11.6 Å². The molecule has 0 saturated heterocycles. The zero-order valence-corrected chi connectivity index (χ0v) is 9.12. The highest BCUT2D eigenvalue weighted by Crippen LogP contribution is 2.35. The van der Waals surface area contributed by atoms with Gasteiger partial charge in [0.25, 0.3) is 9.84 Å². The van der Waals surface area contributed by atoms with Crippen LogP contribution in [-0.2, 0) is 9.84 Å². The molecule has 0 unspecified atom stereocenters. The van der Waals surface area contributed by atoms with Gasteiger partial charge in [-0.2, -0.15) is 13.2 Å². The highest BCUT2D eigenvalue weighted by molar-refractivity contribution is 7.92. The third kappa shape index (κ3) is 2.03. The molecule has 0 spiro atoms. The Bertz CT molecular complexity index is 504. The van der Waals surface area contributed by atoms with Crippen LogP contribution in [0.2, 0.25) is 5.02 Å². The topological polar surface area (TPSA) is 86.2 Å². The highest BCUT2D eigenvalue weighted by Gasteiger charge is 2.47. The van der Waals surface area contributed by atoms with Crippen LogP contribution < -0.4 is 11.5 Å². The molecule has 0 aliphatic carbocycles. The quantitative estimate of drug-likeness (QED) is 0.765. The summed E-state index contributed by atoms with van der Waals surface area (Å²) in [7, 11) is -5.46. The first-order chi connectivity index (χ1) is 7.07. The first-order valence-corrected chi connectivity index (χ1v) is 5.59. The summed E-state index contributed by atoms with van der Waals surface area (Å²) in [6, 6.07) is 1.22. The van der Waals surface area contributed by atoms with E-state index in [4.69, 9.17) is 23.1 Å². The smallest absolute Gasteiger partial charge is 0.397 e. The largest absolute Gasteiger partial charge is 0.501 e. The summed E-state index contributed by atoms with van der Waals surface area (Å²) >= 11 is 5.44. The Kier molecular flexibility index (Phi) is 2.99. The number of alkyl halides is 3. The third-order valence-corrected chi connectivity index (χ3v) is 3.53. The molecule has 0 fully saturated rings. The molecule has 0 bridgehead atoms. The van der Waals surface area contributed by atoms with Gasteiger partial charge in [0.05, 0.1) is 21.3 Å². The fourth-order valence-corrected chi connectivity index (χ4v) is 2.02. The van der Waals surface area contributed by atoms with Crippen LogP contribution in [0.4, 0.5) is 24.5 Å². The van der Waals surface area contributed by atoms with E-state index >= 15 is 0 Å². The molecule has 1 rings (SSSR count). The first kappa shape index (κ1) is 12.9. The van der Waals surface area contributed by atoms with Gasteiger partial charge in [-0.15, -0.1) is 0 Å². The second-order valence-corrected chi connectivity index (χ2v) is 5.21. The van der Waals surface area contributed by atoms with Crippen LogP contribution in [0.1, 0.15) is 0 Å². The van der Waals surface area contributed by atoms with Crippen molar-refractivity contribution in [1.29, 1.82) is 0 Å². The number of nitrogen functional groups attached to an aromatic ring is 2. The van der Waals surface area contributed by atoms with Crippen molar-refractivity contribution in [1.82, 2.24) is 0 Å². The minimum atomic E-state index is -5.46. The predicted molar refractivity (Wildman–Crippen MR) is 53.5 cm³/mol. The summed E-state index contributed by atoms with van der Waals surface area (Å²) in [6.45, 7) is 0. The number of halogens is 4. The Morgan fingerprint density at radius 2 is 1.69 bits per heavy atom. The zero-order valence-electron chi connectivity index (χ0n) is 7.55. The van der Waals surface area contributed by atoms with Gasteiger partial charge < -0.3 is 11.5 Å². The molecule has 9 heteroatoms. The lowest BCUT2D eigenvalue weighted by Crippen LogP contribution is -2.23. The Morgan fingerprint density at radius 1 is 1.19 bits per heavy atom. The van der Waals surface area contributed by atoms with Crippen molar-refractivity contribution in [3.63, 3.8) is 0 Å². The van der Waals surface area contributed by atoms with Crippen molar-refractivity contribution in [2.45, 2.75) is 10.4 Å². The number of nitrogens with two attached hydrogens (primary N) is 2. The summed E-state index contributed by atoms with van der Waals surface area (Å²) in [5.74, 6) is 0. The van der Waals surface area contributed by atoms with Crippen molar-refractivity contribution >= 4 is 32.8 Å². The van der Waals surface area contributed by atoms with E-state index in [1.807, 2.05) is 0 Å². The van der Waals surface area contributed by atoms with E-state index in [1.165, 1.54) is 0 Å². The summed E-state index contributed by atoms with van der Waals surface area (Å²) < 4.78 is 58.5. The summed E-state index contributed by atoms with van der Waals surface area (Å²) in [4.78, 5) is -1.03. The number of benzene rings is 1. The summed E-state index contributed by atoms with van der Waals surface area (Å²) in [6.07, 6.45) is 0. The molecule has 1 aromatic carbocycles. The van der Waals surface area contributed by atoms with Gasteiger partial charge in [0.1, 0.15) is 0 Å². The van der Waals surface area contributed by atoms with Gasteiger partial charge >= 0.3 is 5.51 Å². The van der Waals surface area contributed by atoms with E-state index in [-0.39, 0.29) is 16.4 Å². The molecule has 0 aliphatic rings. The van der Waals surface area contributed by atoms with E-state index in [0.29, 0.717) is 12.1 Å². The monoisotopic (exact) mass is 274 g/mol. The van der Waals surface area contributed by atoms with Crippen LogP contribution in [-0.4, -0.2) is 13.9 Å². The van der Waals surface area contributed by atoms with E-state index in [0.717, 1.165) is 0 Å². The van der Waals surface area contributed by atoms with Crippen molar-refractivity contribution in [3.8, 4) is 0 Å². The molecule has 0 aliphatic heterocycles. The second kappa shape index (κ2) is 3.70. The zero-order chi connectivity index (χ0) is 12.7. The third-order valence-electron chi connectivity index (χ3n) is 1.75. The molecular weight excluding hydrogens is 269 g/mol. The number of hydrogen-bond acceptors (Lipinski definition) is 4. The maximum absolute atomic E-state index is 12.2. The van der Waals surface area contributed by atoms with E-state index in [2.05, 4.69) is 0 Å². The maximum atomic E-state index is 12.2. The van der Waals surface area contributed by atoms with Crippen molar-refractivity contribution < 1.29 is 21.6 Å². The molecule has 16 heavy (non-hydrogen) atoms. The average Bonchev–Trinajstić information content (AvgIpc) is 2.11. The standard InChI is InChI=1S/C7H6ClF3N2O2S/c8-4-1-3(2-5(12)6(4)13)16(14,15)7(9,10)11/h1-2H,12-13H2. The molecule has 0 saturated carbocycles. The predicted octanol–water partition coefficient (Wildman–Crippen LogP) is 1.80.